The van der Waals surface area contributed by atoms with Crippen LogP contribution in [0.3, 0.4) is 0 Å². The van der Waals surface area contributed by atoms with Crippen LogP contribution >= 0.6 is 0 Å². The second kappa shape index (κ2) is 11.6. The zero-order valence-corrected chi connectivity index (χ0v) is 24.4. The Morgan fingerprint density at radius 2 is 1.28 bits per heavy atom. The standard InChI is InChI=1S/C26H28F12O8/c1-8(2)7-21(5,9(3)4)18(40)43-13-10-6-11-14(13)44-19(41)22(11,20(42)46-17(25(33,34)35)26(36,37)38)12(10)15(39)45-16(23(27,28)29)24(30,31)32/h8-14,16-17H,6-7H2,1-5H3. The van der Waals surface area contributed by atoms with E-state index in [0.29, 0.717) is 0 Å². The van der Waals surface area contributed by atoms with Crippen molar-refractivity contribution in [3.8, 4) is 0 Å². The third-order valence-corrected chi connectivity index (χ3v) is 8.81. The van der Waals surface area contributed by atoms with Gasteiger partial charge >= 0.3 is 48.6 Å². The number of esters is 4. The number of fused-ring (bicyclic) bond motifs is 1. The number of hydrogen-bond acceptors (Lipinski definition) is 8. The van der Waals surface area contributed by atoms with E-state index in [1.165, 1.54) is 6.92 Å². The van der Waals surface area contributed by atoms with Crippen molar-refractivity contribution in [3.05, 3.63) is 0 Å². The lowest BCUT2D eigenvalue weighted by atomic mass is 9.65. The predicted octanol–water partition coefficient (Wildman–Crippen LogP) is 5.86. The highest BCUT2D eigenvalue weighted by Gasteiger charge is 2.83. The van der Waals surface area contributed by atoms with E-state index in [2.05, 4.69) is 9.47 Å². The third kappa shape index (κ3) is 6.32. The molecule has 2 aliphatic carbocycles. The van der Waals surface area contributed by atoms with E-state index in [4.69, 9.17) is 9.47 Å². The fourth-order valence-corrected chi connectivity index (χ4v) is 6.59. The molecule has 7 atom stereocenters. The maximum absolute atomic E-state index is 13.4. The molecule has 0 spiro atoms. The lowest BCUT2D eigenvalue weighted by Crippen LogP contribution is -2.58. The average molecular weight is 696 g/mol. The molecule has 1 heterocycles. The topological polar surface area (TPSA) is 105 Å². The number of alkyl halides is 12. The Labute approximate surface area is 252 Å². The van der Waals surface area contributed by atoms with E-state index in [1.807, 2.05) is 0 Å². The van der Waals surface area contributed by atoms with Gasteiger partial charge in [-0.3, -0.25) is 19.2 Å². The van der Waals surface area contributed by atoms with E-state index in [9.17, 15) is 71.9 Å². The molecule has 3 rings (SSSR count). The summed E-state index contributed by atoms with van der Waals surface area (Å²) in [6.07, 6.45) is -39.6. The lowest BCUT2D eigenvalue weighted by Gasteiger charge is -2.39. The second-order valence-electron chi connectivity index (χ2n) is 12.5. The van der Waals surface area contributed by atoms with Gasteiger partial charge in [-0.1, -0.05) is 27.7 Å². The highest BCUT2D eigenvalue weighted by Crippen LogP contribution is 2.67. The number of rotatable bonds is 9. The van der Waals surface area contributed by atoms with Crippen molar-refractivity contribution < 1.29 is 90.8 Å². The molecule has 2 bridgehead atoms. The Morgan fingerprint density at radius 3 is 1.70 bits per heavy atom. The van der Waals surface area contributed by atoms with Crippen LogP contribution in [0.4, 0.5) is 52.7 Å². The number of hydrogen-bond donors (Lipinski definition) is 0. The van der Waals surface area contributed by atoms with E-state index >= 15 is 0 Å². The fourth-order valence-electron chi connectivity index (χ4n) is 6.59. The summed E-state index contributed by atoms with van der Waals surface area (Å²) in [4.78, 5) is 52.8. The Hall–Kier alpha value is -2.96. The van der Waals surface area contributed by atoms with Crippen LogP contribution in [0.15, 0.2) is 0 Å². The molecular weight excluding hydrogens is 668 g/mol. The summed E-state index contributed by atoms with van der Waals surface area (Å²) in [6, 6.07) is 0. The van der Waals surface area contributed by atoms with E-state index in [0.717, 1.165) is 0 Å². The summed E-state index contributed by atoms with van der Waals surface area (Å²) in [7, 11) is 0. The van der Waals surface area contributed by atoms with Crippen LogP contribution in [0.5, 0.6) is 0 Å². The first kappa shape index (κ1) is 37.5. The van der Waals surface area contributed by atoms with Crippen molar-refractivity contribution in [2.24, 2.45) is 40.4 Å². The molecule has 1 saturated heterocycles. The minimum absolute atomic E-state index is 0.147. The molecule has 0 aromatic heterocycles. The molecule has 264 valence electrons. The normalized spacial score (nSPS) is 29.4. The van der Waals surface area contributed by atoms with Crippen molar-refractivity contribution in [2.75, 3.05) is 0 Å². The number of halogens is 12. The average Bonchev–Trinajstić information content (AvgIpc) is 3.43. The van der Waals surface area contributed by atoms with Crippen molar-refractivity contribution in [1.29, 1.82) is 0 Å². The molecule has 0 amide bonds. The SMILES string of the molecule is CC(C)CC(C)(C(=O)OC1C2CC3C1OC(=O)C3(C(=O)OC(C(F)(F)F)C(F)(F)F)C2C(=O)OC(C(F)(F)F)C(F)(F)F)C(C)C. The zero-order chi connectivity index (χ0) is 35.7. The van der Waals surface area contributed by atoms with Gasteiger partial charge in [0.2, 0.25) is 0 Å². The summed E-state index contributed by atoms with van der Waals surface area (Å²) in [6.45, 7) is 8.11. The van der Waals surface area contributed by atoms with Gasteiger partial charge in [0.05, 0.1) is 11.3 Å². The summed E-state index contributed by atoms with van der Waals surface area (Å²) >= 11 is 0. The highest BCUT2D eigenvalue weighted by molar-refractivity contribution is 6.07. The summed E-state index contributed by atoms with van der Waals surface area (Å²) in [5.74, 6) is -16.0. The highest BCUT2D eigenvalue weighted by atomic mass is 19.4. The van der Waals surface area contributed by atoms with Crippen molar-refractivity contribution in [1.82, 2.24) is 0 Å². The molecule has 7 unspecified atom stereocenters. The maximum atomic E-state index is 13.4. The molecule has 0 N–H and O–H groups in total. The van der Waals surface area contributed by atoms with Crippen molar-refractivity contribution in [2.45, 2.75) is 96.6 Å². The Bertz CT molecular complexity index is 1200. The number of ether oxygens (including phenoxy) is 4. The van der Waals surface area contributed by atoms with Crippen LogP contribution in [0.25, 0.3) is 0 Å². The molecule has 3 aliphatic rings. The van der Waals surface area contributed by atoms with Crippen molar-refractivity contribution in [3.63, 3.8) is 0 Å². The van der Waals surface area contributed by atoms with E-state index in [1.54, 1.807) is 27.7 Å². The van der Waals surface area contributed by atoms with Gasteiger partial charge in [0, 0.05) is 11.8 Å². The van der Waals surface area contributed by atoms with Crippen LogP contribution in [0, 0.1) is 40.4 Å². The molecule has 2 saturated carbocycles. The van der Waals surface area contributed by atoms with Gasteiger partial charge in [0.1, 0.15) is 12.2 Å². The van der Waals surface area contributed by atoms with Crippen LogP contribution in [-0.4, -0.2) is 73.0 Å². The van der Waals surface area contributed by atoms with Gasteiger partial charge in [-0.2, -0.15) is 52.7 Å². The van der Waals surface area contributed by atoms with Crippen LogP contribution in [-0.2, 0) is 38.1 Å². The molecule has 0 aromatic rings. The Kier molecular flexibility index (Phi) is 9.48. The van der Waals surface area contributed by atoms with Crippen LogP contribution in [0.1, 0.15) is 47.5 Å². The molecule has 46 heavy (non-hydrogen) atoms. The van der Waals surface area contributed by atoms with Gasteiger partial charge < -0.3 is 18.9 Å². The van der Waals surface area contributed by atoms with Gasteiger partial charge in [-0.15, -0.1) is 0 Å². The monoisotopic (exact) mass is 696 g/mol. The van der Waals surface area contributed by atoms with Gasteiger partial charge in [-0.05, 0) is 31.6 Å². The lowest BCUT2D eigenvalue weighted by molar-refractivity contribution is -0.319. The molecule has 8 nitrogen and oxygen atoms in total. The second-order valence-corrected chi connectivity index (χ2v) is 12.5. The minimum Gasteiger partial charge on any atom is -0.458 e. The summed E-state index contributed by atoms with van der Waals surface area (Å²) in [5.41, 5.74) is -4.93. The smallest absolute Gasteiger partial charge is 0.434 e. The molecule has 0 radical (unpaired) electrons. The van der Waals surface area contributed by atoms with Crippen LogP contribution < -0.4 is 0 Å². The first-order valence-corrected chi connectivity index (χ1v) is 13.6. The summed E-state index contributed by atoms with van der Waals surface area (Å²) < 4.78 is 177. The largest absolute Gasteiger partial charge is 0.458 e. The fraction of sp³-hybridized carbons (Fsp3) is 0.846. The quantitative estimate of drug-likeness (QED) is 0.128. The Balaban J connectivity index is 2.14. The van der Waals surface area contributed by atoms with Gasteiger partial charge in [-0.25, -0.2) is 0 Å². The first-order valence-electron chi connectivity index (χ1n) is 13.6. The predicted molar refractivity (Wildman–Crippen MR) is 124 cm³/mol. The molecular formula is C26H28F12O8. The third-order valence-electron chi connectivity index (χ3n) is 8.81. The minimum atomic E-state index is -6.37. The molecule has 1 aliphatic heterocycles. The van der Waals surface area contributed by atoms with Crippen LogP contribution in [0.2, 0.25) is 0 Å². The zero-order valence-electron chi connectivity index (χ0n) is 24.4. The van der Waals surface area contributed by atoms with E-state index in [-0.39, 0.29) is 12.3 Å². The van der Waals surface area contributed by atoms with Gasteiger partial charge in [0.15, 0.2) is 5.41 Å². The number of carbonyl (C=O) groups excluding carboxylic acids is 4. The first-order chi connectivity index (χ1) is 20.5. The number of carbonyl (C=O) groups is 4. The molecule has 3 fully saturated rings. The summed E-state index contributed by atoms with van der Waals surface area (Å²) in [5, 5.41) is 0. The Morgan fingerprint density at radius 1 is 0.826 bits per heavy atom. The van der Waals surface area contributed by atoms with E-state index < -0.39 is 114 Å². The van der Waals surface area contributed by atoms with Gasteiger partial charge in [0.25, 0.3) is 12.2 Å². The molecule has 20 heteroatoms. The maximum Gasteiger partial charge on any atom is 0.434 e. The van der Waals surface area contributed by atoms with Crippen molar-refractivity contribution >= 4 is 23.9 Å². The molecule has 0 aromatic carbocycles.